The summed E-state index contributed by atoms with van der Waals surface area (Å²) in [5, 5.41) is 15.2. The molecule has 0 aromatic carbocycles. The van der Waals surface area contributed by atoms with Gasteiger partial charge in [0.15, 0.2) is 0 Å². The first kappa shape index (κ1) is 22.4. The monoisotopic (exact) mass is 163 g/mol. The van der Waals surface area contributed by atoms with Crippen molar-refractivity contribution in [1.29, 1.82) is 0 Å². The van der Waals surface area contributed by atoms with Crippen LogP contribution in [-0.2, 0) is 0 Å². The molecule has 0 fully saturated rings. The Kier molecular flexibility index (Phi) is 118. The zero-order chi connectivity index (χ0) is 8.83. The number of hydrogen-bond donors (Lipinski definition) is 3. The zero-order valence-corrected chi connectivity index (χ0v) is 7.58. The summed E-state index contributed by atoms with van der Waals surface area (Å²) in [6, 6.07) is 0. The molecule has 0 rings (SSSR count). The zero-order valence-electron chi connectivity index (χ0n) is 7.58. The Morgan fingerprint density at radius 1 is 1.00 bits per heavy atom. The summed E-state index contributed by atoms with van der Waals surface area (Å²) in [5.41, 5.74) is 0. The number of aliphatic hydroxyl groups is 2. The van der Waals surface area contributed by atoms with Crippen molar-refractivity contribution in [1.82, 2.24) is 6.15 Å². The molecule has 0 heterocycles. The van der Waals surface area contributed by atoms with Crippen molar-refractivity contribution < 1.29 is 10.2 Å². The molecule has 5 N–H and O–H groups in total. The van der Waals surface area contributed by atoms with E-state index in [4.69, 9.17) is 10.2 Å². The summed E-state index contributed by atoms with van der Waals surface area (Å²) < 4.78 is 0. The number of aliphatic hydroxyl groups excluding tert-OH is 2. The van der Waals surface area contributed by atoms with Crippen LogP contribution >= 0.6 is 0 Å². The predicted octanol–water partition coefficient (Wildman–Crippen LogP) is 1.52. The van der Waals surface area contributed by atoms with Crippen molar-refractivity contribution in [3.05, 3.63) is 25.3 Å². The highest BCUT2D eigenvalue weighted by molar-refractivity contribution is 4.51. The van der Waals surface area contributed by atoms with Crippen LogP contribution in [-0.4, -0.2) is 23.4 Å². The van der Waals surface area contributed by atoms with Gasteiger partial charge in [0.1, 0.15) is 0 Å². The predicted molar refractivity (Wildman–Crippen MR) is 50.9 cm³/mol. The third-order valence-electron chi connectivity index (χ3n) is 0.1000. The molecule has 0 bridgehead atoms. The molecule has 0 atom stereocenters. The lowest BCUT2D eigenvalue weighted by Crippen LogP contribution is -1.85. The van der Waals surface area contributed by atoms with Crippen LogP contribution < -0.4 is 6.15 Å². The van der Waals surface area contributed by atoms with Gasteiger partial charge < -0.3 is 16.4 Å². The second-order valence-electron chi connectivity index (χ2n) is 1.26. The Balaban J connectivity index is -0.0000000325. The van der Waals surface area contributed by atoms with E-state index >= 15 is 0 Å². The highest BCUT2D eigenvalue weighted by Crippen LogP contribution is 1.39. The minimum absolute atomic E-state index is 0. The topological polar surface area (TPSA) is 75.5 Å². The van der Waals surface area contributed by atoms with Crippen LogP contribution in [0.15, 0.2) is 25.3 Å². The van der Waals surface area contributed by atoms with E-state index in [9.17, 15) is 0 Å². The maximum atomic E-state index is 7.62. The van der Waals surface area contributed by atoms with Gasteiger partial charge in [0.2, 0.25) is 0 Å². The van der Waals surface area contributed by atoms with Crippen molar-refractivity contribution in [2.24, 2.45) is 0 Å². The SMILES string of the molecule is C=CC.C=CC.N.OCCO. The number of allylic oxidation sites excluding steroid dienone is 2. The summed E-state index contributed by atoms with van der Waals surface area (Å²) in [5.74, 6) is 0. The third kappa shape index (κ3) is 3910. The van der Waals surface area contributed by atoms with Gasteiger partial charge >= 0.3 is 0 Å². The fraction of sp³-hybridized carbons (Fsp3) is 0.500. The van der Waals surface area contributed by atoms with Crippen molar-refractivity contribution in [3.63, 3.8) is 0 Å². The van der Waals surface area contributed by atoms with Crippen LogP contribution in [0.1, 0.15) is 13.8 Å². The van der Waals surface area contributed by atoms with Gasteiger partial charge in [-0.3, -0.25) is 0 Å². The minimum atomic E-state index is -0.125. The van der Waals surface area contributed by atoms with E-state index in [0.717, 1.165) is 0 Å². The molecule has 0 aromatic rings. The van der Waals surface area contributed by atoms with Gasteiger partial charge in [-0.05, 0) is 13.8 Å². The Hall–Kier alpha value is -0.640. The van der Waals surface area contributed by atoms with E-state index in [1.54, 1.807) is 12.2 Å². The Morgan fingerprint density at radius 3 is 1.09 bits per heavy atom. The average Bonchev–Trinajstić information content (AvgIpc) is 1.91. The van der Waals surface area contributed by atoms with Gasteiger partial charge in [-0.25, -0.2) is 0 Å². The highest BCUT2D eigenvalue weighted by atomic mass is 16.3. The normalized spacial score (nSPS) is 5.09. The third-order valence-corrected chi connectivity index (χ3v) is 0.1000. The molecule has 0 amide bonds. The second kappa shape index (κ2) is 57.9. The van der Waals surface area contributed by atoms with Gasteiger partial charge in [0.05, 0.1) is 13.2 Å². The summed E-state index contributed by atoms with van der Waals surface area (Å²) in [6.45, 7) is 10.2. The van der Waals surface area contributed by atoms with Crippen LogP contribution in [0, 0.1) is 0 Å². The fourth-order valence-electron chi connectivity index (χ4n) is 0. The van der Waals surface area contributed by atoms with E-state index in [-0.39, 0.29) is 19.4 Å². The molecule has 0 saturated carbocycles. The second-order valence-corrected chi connectivity index (χ2v) is 1.26. The lowest BCUT2D eigenvalue weighted by molar-refractivity contribution is 0.186. The van der Waals surface area contributed by atoms with Crippen molar-refractivity contribution in [2.45, 2.75) is 13.8 Å². The van der Waals surface area contributed by atoms with Crippen LogP contribution in [0.25, 0.3) is 0 Å². The number of hydrogen-bond acceptors (Lipinski definition) is 3. The average molecular weight is 163 g/mol. The van der Waals surface area contributed by atoms with Gasteiger partial charge in [-0.15, -0.1) is 13.2 Å². The Morgan fingerprint density at radius 2 is 1.09 bits per heavy atom. The summed E-state index contributed by atoms with van der Waals surface area (Å²) in [7, 11) is 0. The molecule has 3 nitrogen and oxygen atoms in total. The standard InChI is InChI=1S/2C3H6.C2H6O2.H3N/c2*1-3-2;3-1-2-4;/h2*3H,1H2,2H3;3-4H,1-2H2;1H3. The smallest absolute Gasteiger partial charge is 0.0662 e. The molecule has 3 heteroatoms. The van der Waals surface area contributed by atoms with Crippen LogP contribution in [0.2, 0.25) is 0 Å². The molecule has 0 aliphatic carbocycles. The molecule has 0 saturated heterocycles. The Bertz CT molecular complexity index is 48.1. The Labute approximate surface area is 69.7 Å². The maximum Gasteiger partial charge on any atom is 0.0662 e. The first-order valence-electron chi connectivity index (χ1n) is 3.10. The molecule has 11 heavy (non-hydrogen) atoms. The lowest BCUT2D eigenvalue weighted by Gasteiger charge is -1.70. The minimum Gasteiger partial charge on any atom is -0.394 e. The molecule has 0 aromatic heterocycles. The highest BCUT2D eigenvalue weighted by Gasteiger charge is 1.58. The van der Waals surface area contributed by atoms with E-state index in [2.05, 4.69) is 13.2 Å². The maximum absolute atomic E-state index is 7.62. The first-order chi connectivity index (χ1) is 4.74. The molecule has 0 aliphatic heterocycles. The first-order valence-corrected chi connectivity index (χ1v) is 3.10. The molecule has 0 radical (unpaired) electrons. The molecular weight excluding hydrogens is 142 g/mol. The van der Waals surface area contributed by atoms with Gasteiger partial charge in [0.25, 0.3) is 0 Å². The van der Waals surface area contributed by atoms with Crippen molar-refractivity contribution >= 4 is 0 Å². The molecular formula is C8H21NO2. The summed E-state index contributed by atoms with van der Waals surface area (Å²) in [6.07, 6.45) is 3.50. The van der Waals surface area contributed by atoms with Gasteiger partial charge in [-0.1, -0.05) is 12.2 Å². The largest absolute Gasteiger partial charge is 0.394 e. The van der Waals surface area contributed by atoms with Crippen LogP contribution in [0.3, 0.4) is 0 Å². The van der Waals surface area contributed by atoms with Crippen molar-refractivity contribution in [3.8, 4) is 0 Å². The van der Waals surface area contributed by atoms with E-state index in [1.165, 1.54) is 0 Å². The molecule has 70 valence electrons. The van der Waals surface area contributed by atoms with Gasteiger partial charge in [0, 0.05) is 0 Å². The molecule has 0 aliphatic rings. The fourth-order valence-corrected chi connectivity index (χ4v) is 0. The van der Waals surface area contributed by atoms with Crippen molar-refractivity contribution in [2.75, 3.05) is 13.2 Å². The van der Waals surface area contributed by atoms with E-state index in [1.807, 2.05) is 13.8 Å². The van der Waals surface area contributed by atoms with Crippen LogP contribution in [0.4, 0.5) is 0 Å². The van der Waals surface area contributed by atoms with Gasteiger partial charge in [-0.2, -0.15) is 0 Å². The van der Waals surface area contributed by atoms with E-state index < -0.39 is 0 Å². The summed E-state index contributed by atoms with van der Waals surface area (Å²) >= 11 is 0. The summed E-state index contributed by atoms with van der Waals surface area (Å²) in [4.78, 5) is 0. The van der Waals surface area contributed by atoms with Crippen LogP contribution in [0.5, 0.6) is 0 Å². The lowest BCUT2D eigenvalue weighted by atomic mass is 10.8. The van der Waals surface area contributed by atoms with E-state index in [0.29, 0.717) is 0 Å². The molecule has 0 unspecified atom stereocenters. The number of rotatable bonds is 1. The molecule has 0 spiro atoms. The quantitative estimate of drug-likeness (QED) is 0.513.